The molecule has 1 heterocycles. The van der Waals surface area contributed by atoms with Crippen molar-refractivity contribution < 1.29 is 0 Å². The average molecular weight is 229 g/mol. The van der Waals surface area contributed by atoms with Gasteiger partial charge in [0.15, 0.2) is 5.17 Å². The number of nitrogens with one attached hydrogen (secondary N) is 1. The first kappa shape index (κ1) is 12.8. The van der Waals surface area contributed by atoms with E-state index in [1.165, 1.54) is 12.2 Å². The van der Waals surface area contributed by atoms with E-state index in [9.17, 15) is 0 Å². The van der Waals surface area contributed by atoms with Gasteiger partial charge in [-0.3, -0.25) is 4.99 Å². The van der Waals surface area contributed by atoms with E-state index in [0.717, 1.165) is 18.1 Å². The maximum Gasteiger partial charge on any atom is 0.157 e. The van der Waals surface area contributed by atoms with Crippen molar-refractivity contribution >= 4 is 16.9 Å². The van der Waals surface area contributed by atoms with Gasteiger partial charge in [0.25, 0.3) is 0 Å². The Bertz CT molecular complexity index is 216. The van der Waals surface area contributed by atoms with Crippen LogP contribution >= 0.6 is 11.8 Å². The molecule has 1 N–H and O–H groups in total. The van der Waals surface area contributed by atoms with Gasteiger partial charge in [-0.2, -0.15) is 0 Å². The molecule has 2 atom stereocenters. The zero-order valence-corrected chi connectivity index (χ0v) is 11.1. The SMILES string of the molecule is CCC1CCSC(NC(C)CN(C)C)=N1. The van der Waals surface area contributed by atoms with Gasteiger partial charge < -0.3 is 10.2 Å². The molecular formula is C11H23N3S. The molecule has 0 fully saturated rings. The molecule has 1 aliphatic rings. The van der Waals surface area contributed by atoms with E-state index in [4.69, 9.17) is 4.99 Å². The third kappa shape index (κ3) is 4.89. The Labute approximate surface area is 97.7 Å². The summed E-state index contributed by atoms with van der Waals surface area (Å²) in [7, 11) is 4.20. The average Bonchev–Trinajstić information content (AvgIpc) is 2.16. The lowest BCUT2D eigenvalue weighted by molar-refractivity contribution is 0.370. The van der Waals surface area contributed by atoms with Crippen LogP contribution in [0.3, 0.4) is 0 Å². The van der Waals surface area contributed by atoms with Crippen LogP contribution in [0.2, 0.25) is 0 Å². The molecule has 0 bridgehead atoms. The van der Waals surface area contributed by atoms with Crippen molar-refractivity contribution in [3.05, 3.63) is 0 Å². The predicted octanol–water partition coefficient (Wildman–Crippen LogP) is 1.80. The summed E-state index contributed by atoms with van der Waals surface area (Å²) in [5.74, 6) is 1.21. The van der Waals surface area contributed by atoms with Crippen molar-refractivity contribution in [1.82, 2.24) is 10.2 Å². The molecular weight excluding hydrogens is 206 g/mol. The number of likely N-dealkylation sites (N-methyl/N-ethyl adjacent to an activating group) is 1. The molecule has 0 radical (unpaired) electrons. The summed E-state index contributed by atoms with van der Waals surface area (Å²) >= 11 is 1.86. The maximum atomic E-state index is 4.70. The van der Waals surface area contributed by atoms with Crippen LogP contribution in [-0.4, -0.2) is 48.5 Å². The zero-order valence-electron chi connectivity index (χ0n) is 10.3. The predicted molar refractivity (Wildman–Crippen MR) is 69.7 cm³/mol. The monoisotopic (exact) mass is 229 g/mol. The van der Waals surface area contributed by atoms with Crippen molar-refractivity contribution in [3.8, 4) is 0 Å². The molecule has 0 saturated carbocycles. The standard InChI is InChI=1S/C11H23N3S/c1-5-10-6-7-15-11(13-10)12-9(2)8-14(3)4/h9-10H,5-8H2,1-4H3,(H,12,13). The third-order valence-electron chi connectivity index (χ3n) is 2.47. The molecule has 88 valence electrons. The van der Waals surface area contributed by atoms with Crippen LogP contribution in [0.5, 0.6) is 0 Å². The third-order valence-corrected chi connectivity index (χ3v) is 3.41. The van der Waals surface area contributed by atoms with Crippen LogP contribution < -0.4 is 5.32 Å². The molecule has 0 aromatic rings. The minimum Gasteiger partial charge on any atom is -0.361 e. The molecule has 4 heteroatoms. The highest BCUT2D eigenvalue weighted by atomic mass is 32.2. The summed E-state index contributed by atoms with van der Waals surface area (Å²) in [5.41, 5.74) is 0. The summed E-state index contributed by atoms with van der Waals surface area (Å²) in [6.45, 7) is 5.47. The van der Waals surface area contributed by atoms with Gasteiger partial charge in [0.2, 0.25) is 0 Å². The van der Waals surface area contributed by atoms with Crippen LogP contribution in [0.4, 0.5) is 0 Å². The first-order valence-electron chi connectivity index (χ1n) is 5.73. The van der Waals surface area contributed by atoms with Gasteiger partial charge in [0.05, 0.1) is 6.04 Å². The molecule has 15 heavy (non-hydrogen) atoms. The Morgan fingerprint density at radius 3 is 2.93 bits per heavy atom. The summed E-state index contributed by atoms with van der Waals surface area (Å²) in [6.07, 6.45) is 2.39. The van der Waals surface area contributed by atoms with Gasteiger partial charge in [0.1, 0.15) is 0 Å². The Hall–Kier alpha value is -0.220. The van der Waals surface area contributed by atoms with Crippen LogP contribution in [0, 0.1) is 0 Å². The Kier molecular flexibility index (Phi) is 5.47. The van der Waals surface area contributed by atoms with E-state index < -0.39 is 0 Å². The molecule has 0 aromatic carbocycles. The van der Waals surface area contributed by atoms with Crippen molar-refractivity contribution in [3.63, 3.8) is 0 Å². The number of thioether (sulfide) groups is 1. The number of rotatable bonds is 4. The minimum atomic E-state index is 0.474. The normalized spacial score (nSPS) is 23.8. The number of hydrogen-bond acceptors (Lipinski definition) is 4. The van der Waals surface area contributed by atoms with Gasteiger partial charge in [-0.25, -0.2) is 0 Å². The van der Waals surface area contributed by atoms with E-state index in [-0.39, 0.29) is 0 Å². The number of hydrogen-bond donors (Lipinski definition) is 1. The van der Waals surface area contributed by atoms with Gasteiger partial charge >= 0.3 is 0 Å². The fourth-order valence-corrected chi connectivity index (χ4v) is 2.83. The second-order valence-corrected chi connectivity index (χ2v) is 5.52. The van der Waals surface area contributed by atoms with Gasteiger partial charge in [-0.05, 0) is 33.9 Å². The van der Waals surface area contributed by atoms with Crippen LogP contribution in [0.15, 0.2) is 4.99 Å². The lowest BCUT2D eigenvalue weighted by Gasteiger charge is -2.24. The van der Waals surface area contributed by atoms with Gasteiger partial charge in [-0.1, -0.05) is 18.7 Å². The highest BCUT2D eigenvalue weighted by molar-refractivity contribution is 8.13. The van der Waals surface area contributed by atoms with E-state index >= 15 is 0 Å². The highest BCUT2D eigenvalue weighted by Gasteiger charge is 2.15. The van der Waals surface area contributed by atoms with E-state index in [1.807, 2.05) is 11.8 Å². The molecule has 3 nitrogen and oxygen atoms in total. The minimum absolute atomic E-state index is 0.474. The fourth-order valence-electron chi connectivity index (χ4n) is 1.74. The molecule has 0 spiro atoms. The molecule has 0 saturated heterocycles. The summed E-state index contributed by atoms with van der Waals surface area (Å²) in [5, 5.41) is 4.63. The van der Waals surface area contributed by atoms with Crippen molar-refractivity contribution in [1.29, 1.82) is 0 Å². The topological polar surface area (TPSA) is 27.6 Å². The fraction of sp³-hybridized carbons (Fsp3) is 0.909. The van der Waals surface area contributed by atoms with Gasteiger partial charge in [-0.15, -0.1) is 0 Å². The zero-order chi connectivity index (χ0) is 11.3. The smallest absolute Gasteiger partial charge is 0.157 e. The molecule has 0 amide bonds. The second-order valence-electron chi connectivity index (χ2n) is 4.44. The van der Waals surface area contributed by atoms with Crippen molar-refractivity contribution in [2.24, 2.45) is 4.99 Å². The number of nitrogens with zero attached hydrogens (tertiary/aromatic N) is 2. The van der Waals surface area contributed by atoms with Crippen LogP contribution in [0.25, 0.3) is 0 Å². The molecule has 0 aliphatic carbocycles. The van der Waals surface area contributed by atoms with Gasteiger partial charge in [0, 0.05) is 18.3 Å². The quantitative estimate of drug-likeness (QED) is 0.796. The van der Waals surface area contributed by atoms with E-state index in [0.29, 0.717) is 12.1 Å². The van der Waals surface area contributed by atoms with Crippen molar-refractivity contribution in [2.45, 2.75) is 38.8 Å². The Morgan fingerprint density at radius 2 is 2.33 bits per heavy atom. The Morgan fingerprint density at radius 1 is 1.60 bits per heavy atom. The van der Waals surface area contributed by atoms with E-state index in [1.54, 1.807) is 0 Å². The van der Waals surface area contributed by atoms with E-state index in [2.05, 4.69) is 38.2 Å². The second kappa shape index (κ2) is 6.38. The first-order chi connectivity index (χ1) is 7.11. The van der Waals surface area contributed by atoms with Crippen molar-refractivity contribution in [2.75, 3.05) is 26.4 Å². The summed E-state index contributed by atoms with van der Waals surface area (Å²) in [4.78, 5) is 6.89. The summed E-state index contributed by atoms with van der Waals surface area (Å²) in [6, 6.07) is 1.02. The molecule has 0 aromatic heterocycles. The summed E-state index contributed by atoms with van der Waals surface area (Å²) < 4.78 is 0. The largest absolute Gasteiger partial charge is 0.361 e. The number of amidine groups is 1. The number of aliphatic imine (C=N–C) groups is 1. The lowest BCUT2D eigenvalue weighted by atomic mass is 10.2. The maximum absolute atomic E-state index is 4.70. The highest BCUT2D eigenvalue weighted by Crippen LogP contribution is 2.18. The first-order valence-corrected chi connectivity index (χ1v) is 6.72. The Balaban J connectivity index is 2.39. The van der Waals surface area contributed by atoms with Crippen LogP contribution in [-0.2, 0) is 0 Å². The molecule has 1 aliphatic heterocycles. The lowest BCUT2D eigenvalue weighted by Crippen LogP contribution is -2.39. The molecule has 2 unspecified atom stereocenters. The van der Waals surface area contributed by atoms with Crippen LogP contribution in [0.1, 0.15) is 26.7 Å². The molecule has 1 rings (SSSR count).